The first-order valence-electron chi connectivity index (χ1n) is 7.42. The number of carbonyl (C=O) groups excluding carboxylic acids is 2. The fraction of sp³-hybridized carbons (Fsp3) is 0.0556. The lowest BCUT2D eigenvalue weighted by molar-refractivity contribution is -0.114. The van der Waals surface area contributed by atoms with E-state index in [1.54, 1.807) is 0 Å². The zero-order valence-electron chi connectivity index (χ0n) is 13.2. The Morgan fingerprint density at radius 2 is 1.84 bits per heavy atom. The fourth-order valence-corrected chi connectivity index (χ4v) is 3.00. The lowest BCUT2D eigenvalue weighted by Crippen LogP contribution is -2.12. The molecule has 25 heavy (non-hydrogen) atoms. The van der Waals surface area contributed by atoms with Crippen molar-refractivity contribution in [1.82, 2.24) is 4.98 Å². The van der Waals surface area contributed by atoms with Crippen LogP contribution in [0.2, 0.25) is 0 Å². The smallest absolute Gasteiger partial charge is 0.267 e. The Morgan fingerprint density at radius 3 is 2.56 bits per heavy atom. The van der Waals surface area contributed by atoms with Gasteiger partial charge in [-0.25, -0.2) is 9.37 Å². The number of benzene rings is 2. The first-order chi connectivity index (χ1) is 12.0. The summed E-state index contributed by atoms with van der Waals surface area (Å²) in [5, 5.41) is 5.76. The number of halogens is 1. The molecule has 0 aliphatic heterocycles. The third kappa shape index (κ3) is 4.07. The number of nitrogens with zero attached hydrogens (tertiary/aromatic N) is 1. The normalized spacial score (nSPS) is 10.3. The van der Waals surface area contributed by atoms with Crippen molar-refractivity contribution in [2.75, 3.05) is 10.6 Å². The maximum atomic E-state index is 13.9. The van der Waals surface area contributed by atoms with Crippen LogP contribution in [0.1, 0.15) is 16.6 Å². The zero-order valence-corrected chi connectivity index (χ0v) is 14.1. The van der Waals surface area contributed by atoms with Crippen molar-refractivity contribution < 1.29 is 14.0 Å². The van der Waals surface area contributed by atoms with Crippen LogP contribution in [0.15, 0.2) is 54.7 Å². The molecule has 3 rings (SSSR count). The van der Waals surface area contributed by atoms with E-state index in [0.717, 1.165) is 5.56 Å². The monoisotopic (exact) mass is 355 g/mol. The molecule has 1 heterocycles. The van der Waals surface area contributed by atoms with Gasteiger partial charge in [0, 0.05) is 18.2 Å². The number of anilines is 2. The Kier molecular flexibility index (Phi) is 4.85. The van der Waals surface area contributed by atoms with Gasteiger partial charge in [-0.15, -0.1) is 11.3 Å². The van der Waals surface area contributed by atoms with Crippen LogP contribution in [0.4, 0.5) is 15.8 Å². The third-order valence-corrected chi connectivity index (χ3v) is 4.33. The van der Waals surface area contributed by atoms with Crippen LogP contribution < -0.4 is 10.6 Å². The number of carbonyl (C=O) groups is 2. The van der Waals surface area contributed by atoms with Crippen molar-refractivity contribution in [1.29, 1.82) is 0 Å². The summed E-state index contributed by atoms with van der Waals surface area (Å²) in [5.41, 5.74) is 1.30. The number of hydrogen-bond acceptors (Lipinski definition) is 4. The van der Waals surface area contributed by atoms with Gasteiger partial charge < -0.3 is 10.6 Å². The maximum Gasteiger partial charge on any atom is 0.267 e. The van der Waals surface area contributed by atoms with Crippen molar-refractivity contribution in [3.05, 3.63) is 65.4 Å². The van der Waals surface area contributed by atoms with Crippen molar-refractivity contribution in [3.63, 3.8) is 0 Å². The van der Waals surface area contributed by atoms with E-state index in [9.17, 15) is 14.0 Å². The van der Waals surface area contributed by atoms with Gasteiger partial charge in [-0.1, -0.05) is 30.3 Å². The summed E-state index contributed by atoms with van der Waals surface area (Å²) in [6, 6.07) is 13.5. The van der Waals surface area contributed by atoms with E-state index in [2.05, 4.69) is 15.6 Å². The van der Waals surface area contributed by atoms with E-state index in [1.807, 2.05) is 30.3 Å². The highest BCUT2D eigenvalue weighted by Gasteiger charge is 2.14. The molecule has 0 atom stereocenters. The molecular formula is C18H14FN3O2S. The van der Waals surface area contributed by atoms with E-state index >= 15 is 0 Å². The summed E-state index contributed by atoms with van der Waals surface area (Å²) in [6.07, 6.45) is 1.46. The second-order valence-electron chi connectivity index (χ2n) is 5.23. The zero-order chi connectivity index (χ0) is 17.8. The molecule has 2 amide bonds. The molecule has 0 aliphatic carbocycles. The summed E-state index contributed by atoms with van der Waals surface area (Å²) < 4.78 is 13.9. The van der Waals surface area contributed by atoms with Crippen LogP contribution >= 0.6 is 11.3 Å². The average molecular weight is 355 g/mol. The van der Waals surface area contributed by atoms with E-state index in [0.29, 0.717) is 15.6 Å². The molecule has 0 fully saturated rings. The lowest BCUT2D eigenvalue weighted by Gasteiger charge is -2.08. The highest BCUT2D eigenvalue weighted by Crippen LogP contribution is 2.26. The van der Waals surface area contributed by atoms with Gasteiger partial charge in [0.15, 0.2) is 0 Å². The minimum Gasteiger partial charge on any atom is -0.326 e. The molecule has 3 aromatic rings. The highest BCUT2D eigenvalue weighted by atomic mass is 32.1. The molecule has 0 bridgehead atoms. The standard InChI is InChI=1S/C18H14FN3O2S/c1-11(23)21-13-7-8-14(19)15(9-13)22-17(24)16-10-20-18(25-16)12-5-3-2-4-6-12/h2-10H,1H3,(H,21,23)(H,22,24). The third-order valence-electron chi connectivity index (χ3n) is 3.29. The Labute approximate surface area is 147 Å². The molecule has 0 aliphatic rings. The van der Waals surface area contributed by atoms with E-state index in [-0.39, 0.29) is 11.6 Å². The number of amides is 2. The summed E-state index contributed by atoms with van der Waals surface area (Å²) in [7, 11) is 0. The van der Waals surface area contributed by atoms with Crippen LogP contribution in [-0.2, 0) is 4.79 Å². The van der Waals surface area contributed by atoms with Gasteiger partial charge in [0.1, 0.15) is 15.7 Å². The fourth-order valence-electron chi connectivity index (χ4n) is 2.18. The first kappa shape index (κ1) is 16.8. The van der Waals surface area contributed by atoms with Gasteiger partial charge in [-0.05, 0) is 18.2 Å². The maximum absolute atomic E-state index is 13.9. The predicted molar refractivity (Wildman–Crippen MR) is 96.2 cm³/mol. The largest absolute Gasteiger partial charge is 0.326 e. The Balaban J connectivity index is 1.79. The first-order valence-corrected chi connectivity index (χ1v) is 8.24. The molecule has 0 spiro atoms. The minimum absolute atomic E-state index is 0.00842. The molecule has 0 unspecified atom stereocenters. The SMILES string of the molecule is CC(=O)Nc1ccc(F)c(NC(=O)c2cnc(-c3ccccc3)s2)c1. The number of rotatable bonds is 4. The van der Waals surface area contributed by atoms with Crippen LogP contribution in [0.25, 0.3) is 10.6 Å². The summed E-state index contributed by atoms with van der Waals surface area (Å²) >= 11 is 1.22. The number of aromatic nitrogens is 1. The van der Waals surface area contributed by atoms with E-state index < -0.39 is 11.7 Å². The van der Waals surface area contributed by atoms with Crippen LogP contribution in [0, 0.1) is 5.82 Å². The number of thiazole rings is 1. The van der Waals surface area contributed by atoms with Gasteiger partial charge in [0.25, 0.3) is 5.91 Å². The van der Waals surface area contributed by atoms with Gasteiger partial charge in [-0.3, -0.25) is 9.59 Å². The average Bonchev–Trinajstić information content (AvgIpc) is 3.08. The molecule has 1 aromatic heterocycles. The number of nitrogens with one attached hydrogen (secondary N) is 2. The molecule has 5 nitrogen and oxygen atoms in total. The predicted octanol–water partition coefficient (Wildman–Crippen LogP) is 4.16. The van der Waals surface area contributed by atoms with Crippen LogP contribution in [-0.4, -0.2) is 16.8 Å². The second-order valence-corrected chi connectivity index (χ2v) is 6.26. The van der Waals surface area contributed by atoms with Crippen molar-refractivity contribution in [2.45, 2.75) is 6.92 Å². The molecule has 2 aromatic carbocycles. The molecule has 0 radical (unpaired) electrons. The lowest BCUT2D eigenvalue weighted by atomic mass is 10.2. The quantitative estimate of drug-likeness (QED) is 0.738. The Morgan fingerprint density at radius 1 is 1.08 bits per heavy atom. The Hall–Kier alpha value is -3.06. The topological polar surface area (TPSA) is 71.1 Å². The summed E-state index contributed by atoms with van der Waals surface area (Å²) in [6.45, 7) is 1.35. The number of hydrogen-bond donors (Lipinski definition) is 2. The molecule has 7 heteroatoms. The van der Waals surface area contributed by atoms with Gasteiger partial charge in [-0.2, -0.15) is 0 Å². The van der Waals surface area contributed by atoms with Gasteiger partial charge >= 0.3 is 0 Å². The van der Waals surface area contributed by atoms with Crippen molar-refractivity contribution in [3.8, 4) is 10.6 Å². The van der Waals surface area contributed by atoms with Crippen LogP contribution in [0.5, 0.6) is 0 Å². The second kappa shape index (κ2) is 7.23. The van der Waals surface area contributed by atoms with Crippen LogP contribution in [0.3, 0.4) is 0 Å². The highest BCUT2D eigenvalue weighted by molar-refractivity contribution is 7.17. The van der Waals surface area contributed by atoms with Crippen molar-refractivity contribution in [2.24, 2.45) is 0 Å². The van der Waals surface area contributed by atoms with E-state index in [4.69, 9.17) is 0 Å². The Bertz CT molecular complexity index is 925. The molecule has 0 saturated heterocycles. The molecule has 126 valence electrons. The molecular weight excluding hydrogens is 341 g/mol. The summed E-state index contributed by atoms with van der Waals surface area (Å²) in [5.74, 6) is -1.33. The minimum atomic E-state index is -0.588. The summed E-state index contributed by atoms with van der Waals surface area (Å²) in [4.78, 5) is 28.0. The van der Waals surface area contributed by atoms with Gasteiger partial charge in [0.2, 0.25) is 5.91 Å². The van der Waals surface area contributed by atoms with Gasteiger partial charge in [0.05, 0.1) is 11.9 Å². The van der Waals surface area contributed by atoms with Crippen molar-refractivity contribution >= 4 is 34.5 Å². The molecule has 0 saturated carbocycles. The van der Waals surface area contributed by atoms with E-state index in [1.165, 1.54) is 42.7 Å². The molecule has 2 N–H and O–H groups in total.